The third-order valence-corrected chi connectivity index (χ3v) is 3.88. The summed E-state index contributed by atoms with van der Waals surface area (Å²) in [6.45, 7) is 1.77. The molecule has 0 spiro atoms. The summed E-state index contributed by atoms with van der Waals surface area (Å²) in [5.41, 5.74) is 0.478. The van der Waals surface area contributed by atoms with Crippen molar-refractivity contribution in [3.05, 3.63) is 39.1 Å². The molecule has 88 valence electrons. The van der Waals surface area contributed by atoms with Gasteiger partial charge >= 0.3 is 0 Å². The molecule has 1 N–H and O–H groups in total. The Hall–Kier alpha value is -0.980. The van der Waals surface area contributed by atoms with Gasteiger partial charge in [-0.2, -0.15) is 4.37 Å². The van der Waals surface area contributed by atoms with Crippen LogP contribution in [0.2, 0.25) is 5.02 Å². The van der Waals surface area contributed by atoms with Gasteiger partial charge in [0.05, 0.1) is 5.02 Å². The Kier molecular flexibility index (Phi) is 3.76. The maximum atomic E-state index is 11.8. The second kappa shape index (κ2) is 5.12. The highest BCUT2D eigenvalue weighted by Gasteiger charge is 2.10. The predicted molar refractivity (Wildman–Crippen MR) is 71.8 cm³/mol. The van der Waals surface area contributed by atoms with Crippen LogP contribution in [0, 0.1) is 6.92 Å². The van der Waals surface area contributed by atoms with Crippen LogP contribution in [0.5, 0.6) is 0 Å². The number of aromatic nitrogens is 2. The van der Waals surface area contributed by atoms with E-state index in [0.29, 0.717) is 21.5 Å². The van der Waals surface area contributed by atoms with Crippen LogP contribution in [-0.4, -0.2) is 15.3 Å². The number of halogens is 2. The number of benzene rings is 1. The van der Waals surface area contributed by atoms with Gasteiger partial charge in [-0.25, -0.2) is 4.98 Å². The number of aryl methyl sites for hydroxylation is 1. The topological polar surface area (TPSA) is 54.9 Å². The molecule has 0 saturated heterocycles. The highest BCUT2D eigenvalue weighted by molar-refractivity contribution is 9.10. The first-order valence-electron chi connectivity index (χ1n) is 4.63. The quantitative estimate of drug-likeness (QED) is 0.915. The molecule has 0 saturated carbocycles. The fourth-order valence-corrected chi connectivity index (χ4v) is 2.15. The minimum Gasteiger partial charge on any atom is -0.297 e. The lowest BCUT2D eigenvalue weighted by molar-refractivity contribution is 0.102. The number of nitrogens with one attached hydrogen (secondary N) is 1. The van der Waals surface area contributed by atoms with Crippen molar-refractivity contribution in [3.8, 4) is 0 Å². The summed E-state index contributed by atoms with van der Waals surface area (Å²) in [6, 6.07) is 5.00. The molecule has 0 aliphatic heterocycles. The molecule has 0 aliphatic carbocycles. The van der Waals surface area contributed by atoms with Crippen molar-refractivity contribution in [2.75, 3.05) is 5.32 Å². The van der Waals surface area contributed by atoms with Crippen molar-refractivity contribution in [3.63, 3.8) is 0 Å². The third kappa shape index (κ3) is 3.02. The highest BCUT2D eigenvalue weighted by atomic mass is 79.9. The predicted octanol–water partition coefficient (Wildman–Crippen LogP) is 3.51. The molecular formula is C10H7BrClN3OS. The minimum atomic E-state index is -0.254. The summed E-state index contributed by atoms with van der Waals surface area (Å²) in [6.07, 6.45) is 0. The van der Waals surface area contributed by atoms with E-state index < -0.39 is 0 Å². The lowest BCUT2D eigenvalue weighted by Crippen LogP contribution is -2.11. The average Bonchev–Trinajstić information content (AvgIpc) is 2.68. The Morgan fingerprint density at radius 1 is 1.53 bits per heavy atom. The molecule has 4 nitrogen and oxygen atoms in total. The number of anilines is 1. The van der Waals surface area contributed by atoms with Crippen molar-refractivity contribution < 1.29 is 4.79 Å². The zero-order valence-corrected chi connectivity index (χ0v) is 11.9. The molecule has 1 aromatic heterocycles. The van der Waals surface area contributed by atoms with Crippen LogP contribution in [0.3, 0.4) is 0 Å². The van der Waals surface area contributed by atoms with E-state index in [1.807, 2.05) is 0 Å². The third-order valence-electron chi connectivity index (χ3n) is 1.93. The van der Waals surface area contributed by atoms with Crippen LogP contribution in [0.15, 0.2) is 22.7 Å². The van der Waals surface area contributed by atoms with Crippen molar-refractivity contribution >= 4 is 50.1 Å². The molecule has 1 aromatic carbocycles. The number of rotatable bonds is 2. The SMILES string of the molecule is Cc1nsc(NC(=O)c2ccc(Br)c(Cl)c2)n1. The van der Waals surface area contributed by atoms with Gasteiger partial charge in [-0.3, -0.25) is 10.1 Å². The first-order chi connectivity index (χ1) is 8.06. The van der Waals surface area contributed by atoms with Gasteiger partial charge in [0.25, 0.3) is 5.91 Å². The van der Waals surface area contributed by atoms with E-state index in [1.54, 1.807) is 25.1 Å². The molecule has 0 radical (unpaired) electrons. The molecule has 1 amide bonds. The van der Waals surface area contributed by atoms with Crippen LogP contribution >= 0.6 is 39.1 Å². The summed E-state index contributed by atoms with van der Waals surface area (Å²) in [4.78, 5) is 15.9. The summed E-state index contributed by atoms with van der Waals surface area (Å²) >= 11 is 10.3. The van der Waals surface area contributed by atoms with E-state index >= 15 is 0 Å². The molecule has 1 heterocycles. The van der Waals surface area contributed by atoms with Gasteiger partial charge in [-0.15, -0.1) is 0 Å². The molecule has 7 heteroatoms. The smallest absolute Gasteiger partial charge is 0.257 e. The summed E-state index contributed by atoms with van der Waals surface area (Å²) in [5, 5.41) is 3.63. The van der Waals surface area contributed by atoms with Crippen LogP contribution in [0.25, 0.3) is 0 Å². The van der Waals surface area contributed by atoms with Gasteiger partial charge in [0, 0.05) is 21.6 Å². The maximum absolute atomic E-state index is 11.8. The fraction of sp³-hybridized carbons (Fsp3) is 0.100. The fourth-order valence-electron chi connectivity index (χ4n) is 1.15. The van der Waals surface area contributed by atoms with E-state index in [2.05, 4.69) is 30.6 Å². The maximum Gasteiger partial charge on any atom is 0.257 e. The molecule has 0 unspecified atom stereocenters. The second-order valence-electron chi connectivity index (χ2n) is 3.23. The number of carbonyl (C=O) groups is 1. The number of amides is 1. The molecule has 0 bridgehead atoms. The van der Waals surface area contributed by atoms with Crippen LogP contribution in [0.4, 0.5) is 5.13 Å². The van der Waals surface area contributed by atoms with E-state index in [-0.39, 0.29) is 5.91 Å². The Morgan fingerprint density at radius 3 is 2.88 bits per heavy atom. The molecule has 2 rings (SSSR count). The lowest BCUT2D eigenvalue weighted by atomic mass is 10.2. The van der Waals surface area contributed by atoms with Gasteiger partial charge in [0.2, 0.25) is 5.13 Å². The monoisotopic (exact) mass is 331 g/mol. The van der Waals surface area contributed by atoms with Gasteiger partial charge in [-0.05, 0) is 41.1 Å². The number of nitrogens with zero attached hydrogens (tertiary/aromatic N) is 2. The van der Waals surface area contributed by atoms with Crippen molar-refractivity contribution in [2.45, 2.75) is 6.92 Å². The molecule has 0 fully saturated rings. The molecule has 17 heavy (non-hydrogen) atoms. The van der Waals surface area contributed by atoms with Crippen LogP contribution < -0.4 is 5.32 Å². The van der Waals surface area contributed by atoms with Gasteiger partial charge in [0.1, 0.15) is 5.82 Å². The van der Waals surface area contributed by atoms with Crippen molar-refractivity contribution in [1.29, 1.82) is 0 Å². The standard InChI is InChI=1S/C10H7BrClN3OS/c1-5-13-10(17-15-5)14-9(16)6-2-3-7(11)8(12)4-6/h2-4H,1H3,(H,13,14,15,16). The zero-order valence-electron chi connectivity index (χ0n) is 8.70. The van der Waals surface area contributed by atoms with Gasteiger partial charge < -0.3 is 0 Å². The molecule has 2 aromatic rings. The Morgan fingerprint density at radius 2 is 2.29 bits per heavy atom. The van der Waals surface area contributed by atoms with Gasteiger partial charge in [-0.1, -0.05) is 11.6 Å². The highest BCUT2D eigenvalue weighted by Crippen LogP contribution is 2.23. The lowest BCUT2D eigenvalue weighted by Gasteiger charge is -2.02. The van der Waals surface area contributed by atoms with Gasteiger partial charge in [0.15, 0.2) is 0 Å². The molecule has 0 atom stereocenters. The number of hydrogen-bond acceptors (Lipinski definition) is 4. The normalized spacial score (nSPS) is 10.3. The van der Waals surface area contributed by atoms with Crippen molar-refractivity contribution in [2.24, 2.45) is 0 Å². The van der Waals surface area contributed by atoms with E-state index in [4.69, 9.17) is 11.6 Å². The zero-order chi connectivity index (χ0) is 12.4. The Bertz CT molecular complexity index is 572. The summed E-state index contributed by atoms with van der Waals surface area (Å²) < 4.78 is 4.73. The minimum absolute atomic E-state index is 0.254. The Labute approximate surface area is 115 Å². The van der Waals surface area contributed by atoms with E-state index in [0.717, 1.165) is 16.0 Å². The largest absolute Gasteiger partial charge is 0.297 e. The number of hydrogen-bond donors (Lipinski definition) is 1. The first kappa shape index (κ1) is 12.5. The second-order valence-corrected chi connectivity index (χ2v) is 5.24. The number of carbonyl (C=O) groups excluding carboxylic acids is 1. The summed E-state index contributed by atoms with van der Waals surface area (Å²) in [7, 11) is 0. The van der Waals surface area contributed by atoms with E-state index in [9.17, 15) is 4.79 Å². The summed E-state index contributed by atoms with van der Waals surface area (Å²) in [5.74, 6) is 0.384. The van der Waals surface area contributed by atoms with Crippen LogP contribution in [-0.2, 0) is 0 Å². The average molecular weight is 333 g/mol. The van der Waals surface area contributed by atoms with E-state index in [1.165, 1.54) is 0 Å². The molecular weight excluding hydrogens is 326 g/mol. The Balaban J connectivity index is 2.17. The van der Waals surface area contributed by atoms with Crippen molar-refractivity contribution in [1.82, 2.24) is 9.36 Å². The molecule has 0 aliphatic rings. The first-order valence-corrected chi connectivity index (χ1v) is 6.57. The van der Waals surface area contributed by atoms with Crippen LogP contribution in [0.1, 0.15) is 16.2 Å².